The molecule has 0 saturated carbocycles. The average Bonchev–Trinajstić information content (AvgIpc) is 2.17. The van der Waals surface area contributed by atoms with Crippen LogP contribution in [0.5, 0.6) is 0 Å². The van der Waals surface area contributed by atoms with E-state index < -0.39 is 5.24 Å². The summed E-state index contributed by atoms with van der Waals surface area (Å²) in [6.07, 6.45) is 0. The van der Waals surface area contributed by atoms with Gasteiger partial charge in [0.05, 0.1) is 10.7 Å². The number of nitrogens with zero attached hydrogens (tertiary/aromatic N) is 2. The minimum Gasteiger partial charge on any atom is -0.274 e. The molecule has 60 valence electrons. The van der Waals surface area contributed by atoms with Crippen molar-refractivity contribution in [2.24, 2.45) is 7.05 Å². The first-order valence-corrected chi connectivity index (χ1v) is 3.68. The summed E-state index contributed by atoms with van der Waals surface area (Å²) in [4.78, 5) is 10.6. The Bertz CT molecular complexity index is 306. The molecule has 0 bridgehead atoms. The number of rotatable bonds is 1. The Hall–Kier alpha value is -0.540. The van der Waals surface area contributed by atoms with Crippen LogP contribution < -0.4 is 0 Å². The molecule has 0 N–H and O–H groups in total. The molecule has 0 spiro atoms. The van der Waals surface area contributed by atoms with Gasteiger partial charge in [-0.25, -0.2) is 0 Å². The van der Waals surface area contributed by atoms with Gasteiger partial charge >= 0.3 is 0 Å². The van der Waals surface area contributed by atoms with E-state index in [1.165, 1.54) is 4.68 Å². The largest absolute Gasteiger partial charge is 0.274 e. The van der Waals surface area contributed by atoms with Gasteiger partial charge in [-0.15, -0.1) is 0 Å². The van der Waals surface area contributed by atoms with E-state index in [1.54, 1.807) is 14.0 Å². The zero-order valence-corrected chi connectivity index (χ0v) is 7.57. The molecular weight excluding hydrogens is 187 g/mol. The van der Waals surface area contributed by atoms with Crippen molar-refractivity contribution in [3.05, 3.63) is 16.4 Å². The van der Waals surface area contributed by atoms with Crippen LogP contribution in [0.1, 0.15) is 16.2 Å². The zero-order chi connectivity index (χ0) is 8.59. The minimum atomic E-state index is -0.626. The fraction of sp³-hybridized carbons (Fsp3) is 0.333. The van der Waals surface area contributed by atoms with Gasteiger partial charge in [0.25, 0.3) is 5.24 Å². The van der Waals surface area contributed by atoms with E-state index in [4.69, 9.17) is 23.2 Å². The lowest BCUT2D eigenvalue weighted by atomic mass is 10.4. The summed E-state index contributed by atoms with van der Waals surface area (Å²) in [5.74, 6) is 0. The van der Waals surface area contributed by atoms with Gasteiger partial charge in [0, 0.05) is 7.05 Å². The number of carbonyl (C=O) groups excluding carboxylic acids is 1. The van der Waals surface area contributed by atoms with Crippen molar-refractivity contribution in [3.8, 4) is 0 Å². The third-order valence-corrected chi connectivity index (χ3v) is 2.08. The van der Waals surface area contributed by atoms with Crippen LogP contribution in [0.4, 0.5) is 0 Å². The quantitative estimate of drug-likeness (QED) is 0.637. The van der Waals surface area contributed by atoms with Crippen molar-refractivity contribution in [3.63, 3.8) is 0 Å². The van der Waals surface area contributed by atoms with E-state index in [2.05, 4.69) is 5.10 Å². The molecule has 5 heteroatoms. The van der Waals surface area contributed by atoms with Crippen LogP contribution in [0.25, 0.3) is 0 Å². The summed E-state index contributed by atoms with van der Waals surface area (Å²) in [5, 5.41) is 3.51. The summed E-state index contributed by atoms with van der Waals surface area (Å²) in [6.45, 7) is 1.76. The molecule has 3 nitrogen and oxygen atoms in total. The highest BCUT2D eigenvalue weighted by Gasteiger charge is 2.15. The van der Waals surface area contributed by atoms with Gasteiger partial charge in [0.1, 0.15) is 0 Å². The van der Waals surface area contributed by atoms with Gasteiger partial charge in [-0.05, 0) is 18.5 Å². The predicted octanol–water partition coefficient (Wildman–Crippen LogP) is 1.76. The lowest BCUT2D eigenvalue weighted by molar-refractivity contribution is 0.107. The first-order valence-electron chi connectivity index (χ1n) is 2.93. The topological polar surface area (TPSA) is 34.9 Å². The number of hydrogen-bond acceptors (Lipinski definition) is 2. The molecule has 0 amide bonds. The smallest absolute Gasteiger partial charge is 0.274 e. The molecule has 0 aliphatic heterocycles. The maximum absolute atomic E-state index is 10.6. The van der Waals surface area contributed by atoms with Crippen molar-refractivity contribution >= 4 is 28.4 Å². The van der Waals surface area contributed by atoms with Crippen LogP contribution in [-0.4, -0.2) is 15.0 Å². The number of halogens is 2. The van der Waals surface area contributed by atoms with E-state index in [1.807, 2.05) is 0 Å². The standard InChI is InChI=1S/C6H6Cl2N2O/c1-3-4(7)5(6(8)11)9-10(3)2/h1-2H3. The van der Waals surface area contributed by atoms with Crippen molar-refractivity contribution in [1.29, 1.82) is 0 Å². The Kier molecular flexibility index (Phi) is 2.20. The van der Waals surface area contributed by atoms with Crippen molar-refractivity contribution < 1.29 is 4.79 Å². The zero-order valence-electron chi connectivity index (χ0n) is 6.06. The monoisotopic (exact) mass is 192 g/mol. The molecule has 0 atom stereocenters. The van der Waals surface area contributed by atoms with E-state index in [0.717, 1.165) is 5.69 Å². The molecule has 0 fully saturated rings. The molecule has 0 aliphatic rings. The summed E-state index contributed by atoms with van der Waals surface area (Å²) in [5.41, 5.74) is 0.851. The van der Waals surface area contributed by atoms with Crippen LogP contribution in [-0.2, 0) is 7.05 Å². The molecule has 0 aromatic carbocycles. The van der Waals surface area contributed by atoms with Crippen molar-refractivity contribution in [1.82, 2.24) is 9.78 Å². The Labute approximate surface area is 73.9 Å². The summed E-state index contributed by atoms with van der Waals surface area (Å²) >= 11 is 10.9. The SMILES string of the molecule is Cc1c(Cl)c(C(=O)Cl)nn1C. The Balaban J connectivity index is 3.29. The summed E-state index contributed by atoms with van der Waals surface area (Å²) in [7, 11) is 1.70. The fourth-order valence-electron chi connectivity index (χ4n) is 0.708. The molecule has 1 aromatic rings. The Morgan fingerprint density at radius 3 is 2.36 bits per heavy atom. The van der Waals surface area contributed by atoms with Crippen LogP contribution in [0.3, 0.4) is 0 Å². The average molecular weight is 193 g/mol. The molecular formula is C6H6Cl2N2O. The third kappa shape index (κ3) is 1.39. The van der Waals surface area contributed by atoms with Crippen molar-refractivity contribution in [2.75, 3.05) is 0 Å². The number of carbonyl (C=O) groups is 1. The minimum absolute atomic E-state index is 0.119. The van der Waals surface area contributed by atoms with Gasteiger partial charge in [0.15, 0.2) is 5.69 Å². The highest BCUT2D eigenvalue weighted by molar-refractivity contribution is 6.68. The Morgan fingerprint density at radius 1 is 1.64 bits per heavy atom. The van der Waals surface area contributed by atoms with Crippen molar-refractivity contribution in [2.45, 2.75) is 6.92 Å². The Morgan fingerprint density at radius 2 is 2.18 bits per heavy atom. The first kappa shape index (κ1) is 8.56. The molecule has 0 unspecified atom stereocenters. The number of hydrogen-bond donors (Lipinski definition) is 0. The highest BCUT2D eigenvalue weighted by Crippen LogP contribution is 2.20. The van der Waals surface area contributed by atoms with Crippen LogP contribution in [0.2, 0.25) is 5.02 Å². The second-order valence-corrected chi connectivity index (χ2v) is 2.87. The van der Waals surface area contributed by atoms with Gasteiger partial charge in [0.2, 0.25) is 0 Å². The maximum atomic E-state index is 10.6. The second kappa shape index (κ2) is 2.83. The maximum Gasteiger partial charge on any atom is 0.274 e. The van der Waals surface area contributed by atoms with E-state index >= 15 is 0 Å². The van der Waals surface area contributed by atoms with Crippen LogP contribution in [0.15, 0.2) is 0 Å². The molecule has 0 radical (unpaired) electrons. The number of aromatic nitrogens is 2. The van der Waals surface area contributed by atoms with Gasteiger partial charge in [-0.1, -0.05) is 11.6 Å². The van der Waals surface area contributed by atoms with Crippen LogP contribution >= 0.6 is 23.2 Å². The summed E-state index contributed by atoms with van der Waals surface area (Å²) < 4.78 is 1.51. The predicted molar refractivity (Wildman–Crippen MR) is 43.1 cm³/mol. The molecule has 1 heterocycles. The molecule has 11 heavy (non-hydrogen) atoms. The lowest BCUT2D eigenvalue weighted by Crippen LogP contribution is -1.95. The highest BCUT2D eigenvalue weighted by atomic mass is 35.5. The normalized spacial score (nSPS) is 10.2. The second-order valence-electron chi connectivity index (χ2n) is 2.15. The van der Waals surface area contributed by atoms with Crippen LogP contribution in [0, 0.1) is 6.92 Å². The number of aryl methyl sites for hydroxylation is 1. The van der Waals surface area contributed by atoms with E-state index in [0.29, 0.717) is 5.02 Å². The molecule has 0 saturated heterocycles. The van der Waals surface area contributed by atoms with Gasteiger partial charge in [-0.3, -0.25) is 9.48 Å². The lowest BCUT2D eigenvalue weighted by Gasteiger charge is -1.89. The van der Waals surface area contributed by atoms with Gasteiger partial charge < -0.3 is 0 Å². The third-order valence-electron chi connectivity index (χ3n) is 1.45. The molecule has 1 aromatic heterocycles. The van der Waals surface area contributed by atoms with E-state index in [-0.39, 0.29) is 5.69 Å². The van der Waals surface area contributed by atoms with E-state index in [9.17, 15) is 4.79 Å². The fourth-order valence-corrected chi connectivity index (χ4v) is 1.13. The first-order chi connectivity index (χ1) is 5.04. The molecule has 0 aliphatic carbocycles. The van der Waals surface area contributed by atoms with Gasteiger partial charge in [-0.2, -0.15) is 5.10 Å². The molecule has 1 rings (SSSR count). The summed E-state index contributed by atoms with van der Waals surface area (Å²) in [6, 6.07) is 0.